The highest BCUT2D eigenvalue weighted by molar-refractivity contribution is 5.95. The molecule has 0 atom stereocenters. The van der Waals surface area contributed by atoms with Crippen molar-refractivity contribution in [2.24, 2.45) is 0 Å². The van der Waals surface area contributed by atoms with Crippen LogP contribution in [-0.2, 0) is 4.79 Å². The molecule has 0 bridgehead atoms. The molecule has 1 saturated heterocycles. The largest absolute Gasteiger partial charge is 0.398 e. The first-order chi connectivity index (χ1) is 9.49. The van der Waals surface area contributed by atoms with Crippen LogP contribution in [0.1, 0.15) is 28.8 Å². The van der Waals surface area contributed by atoms with Gasteiger partial charge in [-0.25, -0.2) is 0 Å². The Morgan fingerprint density at radius 3 is 2.80 bits per heavy atom. The molecular weight excluding hydrogens is 254 g/mol. The summed E-state index contributed by atoms with van der Waals surface area (Å²) in [5, 5.41) is 0. The van der Waals surface area contributed by atoms with Gasteiger partial charge in [0.2, 0.25) is 5.91 Å². The van der Waals surface area contributed by atoms with Crippen molar-refractivity contribution in [3.05, 3.63) is 29.3 Å². The van der Waals surface area contributed by atoms with Crippen molar-refractivity contribution in [2.45, 2.75) is 19.8 Å². The van der Waals surface area contributed by atoms with E-state index >= 15 is 0 Å². The Morgan fingerprint density at radius 2 is 2.20 bits per heavy atom. The van der Waals surface area contributed by atoms with Crippen LogP contribution in [0.4, 0.5) is 5.69 Å². The lowest BCUT2D eigenvalue weighted by atomic mass is 10.1. The number of hydrogen-bond acceptors (Lipinski definition) is 3. The van der Waals surface area contributed by atoms with Crippen LogP contribution in [0.5, 0.6) is 0 Å². The van der Waals surface area contributed by atoms with E-state index in [9.17, 15) is 9.59 Å². The van der Waals surface area contributed by atoms with E-state index in [0.717, 1.165) is 18.5 Å². The summed E-state index contributed by atoms with van der Waals surface area (Å²) in [7, 11) is 1.75. The highest BCUT2D eigenvalue weighted by atomic mass is 16.2. The average molecular weight is 275 g/mol. The third kappa shape index (κ3) is 3.10. The number of nitrogen functional groups attached to an aromatic ring is 1. The fraction of sp³-hybridized carbons (Fsp3) is 0.467. The molecule has 1 aliphatic rings. The summed E-state index contributed by atoms with van der Waals surface area (Å²) in [6.45, 7) is 3.85. The fourth-order valence-corrected chi connectivity index (χ4v) is 2.31. The maximum atomic E-state index is 12.3. The van der Waals surface area contributed by atoms with E-state index in [0.29, 0.717) is 30.8 Å². The number of hydrogen-bond donors (Lipinski definition) is 1. The van der Waals surface area contributed by atoms with Gasteiger partial charge in [-0.05, 0) is 31.0 Å². The average Bonchev–Trinajstić information content (AvgIpc) is 2.84. The van der Waals surface area contributed by atoms with Gasteiger partial charge in [-0.15, -0.1) is 0 Å². The second-order valence-electron chi connectivity index (χ2n) is 5.28. The summed E-state index contributed by atoms with van der Waals surface area (Å²) in [6.07, 6.45) is 1.55. The Kier molecular flexibility index (Phi) is 4.27. The Morgan fingerprint density at radius 1 is 1.45 bits per heavy atom. The van der Waals surface area contributed by atoms with Crippen LogP contribution in [0.3, 0.4) is 0 Å². The van der Waals surface area contributed by atoms with Gasteiger partial charge in [0.25, 0.3) is 5.91 Å². The fourth-order valence-electron chi connectivity index (χ4n) is 2.31. The van der Waals surface area contributed by atoms with Crippen LogP contribution in [0.2, 0.25) is 0 Å². The molecule has 5 nitrogen and oxygen atoms in total. The number of anilines is 1. The van der Waals surface area contributed by atoms with Gasteiger partial charge in [-0.1, -0.05) is 6.07 Å². The number of benzene rings is 1. The number of carbonyl (C=O) groups is 2. The number of amides is 2. The van der Waals surface area contributed by atoms with E-state index in [1.165, 1.54) is 0 Å². The smallest absolute Gasteiger partial charge is 0.253 e. The lowest BCUT2D eigenvalue weighted by molar-refractivity contribution is -0.127. The van der Waals surface area contributed by atoms with Crippen LogP contribution in [0.15, 0.2) is 18.2 Å². The molecule has 1 aromatic rings. The van der Waals surface area contributed by atoms with Crippen molar-refractivity contribution >= 4 is 17.5 Å². The molecule has 0 radical (unpaired) electrons. The summed E-state index contributed by atoms with van der Waals surface area (Å²) in [4.78, 5) is 27.2. The number of aryl methyl sites for hydroxylation is 1. The second-order valence-corrected chi connectivity index (χ2v) is 5.28. The van der Waals surface area contributed by atoms with Crippen LogP contribution in [-0.4, -0.2) is 48.3 Å². The van der Waals surface area contributed by atoms with Gasteiger partial charge in [0.1, 0.15) is 0 Å². The molecule has 5 heteroatoms. The first-order valence-electron chi connectivity index (χ1n) is 6.88. The lowest BCUT2D eigenvalue weighted by Gasteiger charge is -2.22. The summed E-state index contributed by atoms with van der Waals surface area (Å²) in [5.74, 6) is 0.119. The molecule has 2 rings (SSSR count). The standard InChI is InChI=1S/C15H21N3O2/c1-11-5-6-12(10-13(11)16)15(20)17(2)8-9-18-7-3-4-14(18)19/h5-6,10H,3-4,7-9,16H2,1-2H3. The molecule has 1 aliphatic heterocycles. The van der Waals surface area contributed by atoms with E-state index in [4.69, 9.17) is 5.73 Å². The maximum Gasteiger partial charge on any atom is 0.253 e. The Bertz CT molecular complexity index is 528. The zero-order chi connectivity index (χ0) is 14.7. The van der Waals surface area contributed by atoms with Crippen LogP contribution < -0.4 is 5.73 Å². The molecular formula is C15H21N3O2. The summed E-state index contributed by atoms with van der Waals surface area (Å²) in [5.41, 5.74) is 8.00. The highest BCUT2D eigenvalue weighted by Gasteiger charge is 2.21. The van der Waals surface area contributed by atoms with Gasteiger partial charge < -0.3 is 15.5 Å². The van der Waals surface area contributed by atoms with Crippen LogP contribution >= 0.6 is 0 Å². The predicted molar refractivity (Wildman–Crippen MR) is 78.4 cm³/mol. The zero-order valence-corrected chi connectivity index (χ0v) is 12.1. The van der Waals surface area contributed by atoms with Gasteiger partial charge in [0, 0.05) is 44.4 Å². The third-order valence-electron chi connectivity index (χ3n) is 3.75. The van der Waals surface area contributed by atoms with E-state index < -0.39 is 0 Å². The highest BCUT2D eigenvalue weighted by Crippen LogP contribution is 2.14. The molecule has 0 saturated carbocycles. The number of nitrogens with two attached hydrogens (primary N) is 1. The maximum absolute atomic E-state index is 12.3. The molecule has 0 unspecified atom stereocenters. The second kappa shape index (κ2) is 5.94. The van der Waals surface area contributed by atoms with Gasteiger partial charge in [-0.3, -0.25) is 9.59 Å². The minimum Gasteiger partial charge on any atom is -0.398 e. The molecule has 1 fully saturated rings. The Labute approximate surface area is 119 Å². The number of carbonyl (C=O) groups excluding carboxylic acids is 2. The van der Waals surface area contributed by atoms with E-state index in [1.807, 2.05) is 17.9 Å². The first kappa shape index (κ1) is 14.4. The predicted octanol–water partition coefficient (Wildman–Crippen LogP) is 1.27. The van der Waals surface area contributed by atoms with Gasteiger partial charge in [-0.2, -0.15) is 0 Å². The minimum atomic E-state index is -0.0663. The van der Waals surface area contributed by atoms with Crippen molar-refractivity contribution in [2.75, 3.05) is 32.4 Å². The Hall–Kier alpha value is -2.04. The normalized spacial score (nSPS) is 14.7. The number of likely N-dealkylation sites (N-methyl/N-ethyl adjacent to an activating group) is 1. The minimum absolute atomic E-state index is 0.0663. The molecule has 20 heavy (non-hydrogen) atoms. The summed E-state index contributed by atoms with van der Waals surface area (Å²) in [6, 6.07) is 5.33. The number of nitrogens with zero attached hydrogens (tertiary/aromatic N) is 2. The third-order valence-corrected chi connectivity index (χ3v) is 3.75. The molecule has 2 amide bonds. The molecule has 2 N–H and O–H groups in total. The SMILES string of the molecule is Cc1ccc(C(=O)N(C)CCN2CCCC2=O)cc1N. The van der Waals surface area contributed by atoms with E-state index in [1.54, 1.807) is 24.1 Å². The van der Waals surface area contributed by atoms with Crippen molar-refractivity contribution < 1.29 is 9.59 Å². The van der Waals surface area contributed by atoms with E-state index in [2.05, 4.69) is 0 Å². The number of rotatable bonds is 4. The number of likely N-dealkylation sites (tertiary alicyclic amines) is 1. The summed E-state index contributed by atoms with van der Waals surface area (Å²) >= 11 is 0. The Balaban J connectivity index is 1.94. The monoisotopic (exact) mass is 275 g/mol. The van der Waals surface area contributed by atoms with Gasteiger partial charge in [0.05, 0.1) is 0 Å². The van der Waals surface area contributed by atoms with Gasteiger partial charge >= 0.3 is 0 Å². The molecule has 1 aromatic carbocycles. The molecule has 1 heterocycles. The summed E-state index contributed by atoms with van der Waals surface area (Å²) < 4.78 is 0. The van der Waals surface area contributed by atoms with Crippen LogP contribution in [0.25, 0.3) is 0 Å². The van der Waals surface area contributed by atoms with Crippen molar-refractivity contribution in [3.8, 4) is 0 Å². The molecule has 0 spiro atoms. The van der Waals surface area contributed by atoms with Crippen molar-refractivity contribution in [3.63, 3.8) is 0 Å². The zero-order valence-electron chi connectivity index (χ0n) is 12.1. The first-order valence-corrected chi connectivity index (χ1v) is 6.88. The molecule has 0 aromatic heterocycles. The van der Waals surface area contributed by atoms with Crippen molar-refractivity contribution in [1.29, 1.82) is 0 Å². The van der Waals surface area contributed by atoms with Gasteiger partial charge in [0.15, 0.2) is 0 Å². The van der Waals surface area contributed by atoms with Crippen LogP contribution in [0, 0.1) is 6.92 Å². The molecule has 108 valence electrons. The van der Waals surface area contributed by atoms with E-state index in [-0.39, 0.29) is 11.8 Å². The lowest BCUT2D eigenvalue weighted by Crippen LogP contribution is -2.36. The van der Waals surface area contributed by atoms with Crippen molar-refractivity contribution in [1.82, 2.24) is 9.80 Å². The molecule has 0 aliphatic carbocycles. The quantitative estimate of drug-likeness (QED) is 0.842. The topological polar surface area (TPSA) is 66.6 Å².